The zero-order valence-corrected chi connectivity index (χ0v) is 11.4. The maximum Gasteiger partial charge on any atom is 0.416 e. The highest BCUT2D eigenvalue weighted by Gasteiger charge is 2.31. The lowest BCUT2D eigenvalue weighted by Crippen LogP contribution is -2.06. The number of hydrogen-bond donors (Lipinski definition) is 1. The Kier molecular flexibility index (Phi) is 4.10. The van der Waals surface area contributed by atoms with E-state index in [1.807, 2.05) is 0 Å². The SMILES string of the molecule is N#Cc1cc(-c2cn(CC(=O)O)cc2C#N)cc(C(F)(F)F)c1. The van der Waals surface area contributed by atoms with Crippen LogP contribution in [0, 0.1) is 22.7 Å². The van der Waals surface area contributed by atoms with Crippen LogP contribution >= 0.6 is 0 Å². The van der Waals surface area contributed by atoms with Crippen molar-refractivity contribution in [1.82, 2.24) is 4.57 Å². The van der Waals surface area contributed by atoms with Crippen molar-refractivity contribution in [3.8, 4) is 23.3 Å². The van der Waals surface area contributed by atoms with Gasteiger partial charge in [-0.25, -0.2) is 0 Å². The maximum absolute atomic E-state index is 12.9. The Bertz CT molecular complexity index is 854. The summed E-state index contributed by atoms with van der Waals surface area (Å²) >= 11 is 0. The fraction of sp³-hybridized carbons (Fsp3) is 0.133. The van der Waals surface area contributed by atoms with Crippen molar-refractivity contribution in [1.29, 1.82) is 10.5 Å². The van der Waals surface area contributed by atoms with Crippen molar-refractivity contribution in [2.24, 2.45) is 0 Å². The molecule has 0 spiro atoms. The second-order valence-corrected chi connectivity index (χ2v) is 4.67. The number of aromatic nitrogens is 1. The molecule has 0 bridgehead atoms. The van der Waals surface area contributed by atoms with Gasteiger partial charge in [0.1, 0.15) is 12.6 Å². The second-order valence-electron chi connectivity index (χ2n) is 4.67. The number of carboxylic acid groups (broad SMARTS) is 1. The number of benzene rings is 1. The van der Waals surface area contributed by atoms with Gasteiger partial charge in [0.05, 0.1) is 22.8 Å². The summed E-state index contributed by atoms with van der Waals surface area (Å²) in [5.41, 5.74) is -1.03. The highest BCUT2D eigenvalue weighted by atomic mass is 19.4. The second kappa shape index (κ2) is 5.85. The number of nitriles is 2. The predicted molar refractivity (Wildman–Crippen MR) is 71.9 cm³/mol. The Labute approximate surface area is 128 Å². The molecule has 0 radical (unpaired) electrons. The van der Waals surface area contributed by atoms with E-state index in [4.69, 9.17) is 15.6 Å². The molecule has 2 rings (SSSR count). The minimum atomic E-state index is -4.64. The van der Waals surface area contributed by atoms with Crippen molar-refractivity contribution in [2.75, 3.05) is 0 Å². The first-order chi connectivity index (χ1) is 10.7. The fourth-order valence-corrected chi connectivity index (χ4v) is 2.09. The monoisotopic (exact) mass is 319 g/mol. The van der Waals surface area contributed by atoms with Crippen molar-refractivity contribution in [2.45, 2.75) is 12.7 Å². The number of carbonyl (C=O) groups is 1. The third-order valence-electron chi connectivity index (χ3n) is 3.02. The first kappa shape index (κ1) is 16.1. The molecule has 0 unspecified atom stereocenters. The quantitative estimate of drug-likeness (QED) is 0.941. The number of nitrogens with zero attached hydrogens (tertiary/aromatic N) is 3. The lowest BCUT2D eigenvalue weighted by atomic mass is 9.99. The van der Waals surface area contributed by atoms with E-state index in [0.717, 1.165) is 6.07 Å². The van der Waals surface area contributed by atoms with E-state index in [2.05, 4.69) is 0 Å². The normalized spacial score (nSPS) is 10.8. The Balaban J connectivity index is 2.62. The van der Waals surface area contributed by atoms with Crippen LogP contribution in [-0.4, -0.2) is 15.6 Å². The first-order valence-corrected chi connectivity index (χ1v) is 6.19. The van der Waals surface area contributed by atoms with E-state index in [-0.39, 0.29) is 22.3 Å². The average molecular weight is 319 g/mol. The molecule has 0 amide bonds. The van der Waals surface area contributed by atoms with E-state index in [1.54, 1.807) is 12.1 Å². The number of rotatable bonds is 3. The smallest absolute Gasteiger partial charge is 0.416 e. The molecular weight excluding hydrogens is 311 g/mol. The summed E-state index contributed by atoms with van der Waals surface area (Å²) in [5.74, 6) is -1.15. The van der Waals surface area contributed by atoms with Gasteiger partial charge in [-0.3, -0.25) is 4.79 Å². The van der Waals surface area contributed by atoms with Gasteiger partial charge in [0.15, 0.2) is 0 Å². The minimum Gasteiger partial charge on any atom is -0.480 e. The van der Waals surface area contributed by atoms with Crippen LogP contribution in [0.3, 0.4) is 0 Å². The van der Waals surface area contributed by atoms with E-state index in [9.17, 15) is 18.0 Å². The molecule has 116 valence electrons. The predicted octanol–water partition coefficient (Wildman–Crippen LogP) is 3.00. The fourth-order valence-electron chi connectivity index (χ4n) is 2.09. The van der Waals surface area contributed by atoms with Crippen molar-refractivity contribution in [3.63, 3.8) is 0 Å². The van der Waals surface area contributed by atoms with Crippen LogP contribution in [0.2, 0.25) is 0 Å². The van der Waals surface area contributed by atoms with E-state index >= 15 is 0 Å². The minimum absolute atomic E-state index is 0.0227. The summed E-state index contributed by atoms with van der Waals surface area (Å²) in [6, 6.07) is 6.20. The van der Waals surface area contributed by atoms with Crippen LogP contribution in [0.25, 0.3) is 11.1 Å². The van der Waals surface area contributed by atoms with Gasteiger partial charge in [0.25, 0.3) is 0 Å². The molecule has 0 aliphatic heterocycles. The van der Waals surface area contributed by atoms with Gasteiger partial charge in [-0.2, -0.15) is 23.7 Å². The van der Waals surface area contributed by atoms with Gasteiger partial charge in [0, 0.05) is 18.0 Å². The molecule has 0 aliphatic carbocycles. The summed E-state index contributed by atoms with van der Waals surface area (Å²) < 4.78 is 39.9. The number of alkyl halides is 3. The maximum atomic E-state index is 12.9. The Morgan fingerprint density at radius 1 is 1.17 bits per heavy atom. The van der Waals surface area contributed by atoms with Crippen molar-refractivity contribution >= 4 is 5.97 Å². The Hall–Kier alpha value is -3.26. The van der Waals surface area contributed by atoms with Crippen LogP contribution < -0.4 is 0 Å². The third-order valence-corrected chi connectivity index (χ3v) is 3.02. The zero-order valence-electron chi connectivity index (χ0n) is 11.4. The van der Waals surface area contributed by atoms with Crippen LogP contribution in [0.4, 0.5) is 13.2 Å². The number of carboxylic acids is 1. The molecule has 5 nitrogen and oxygen atoms in total. The lowest BCUT2D eigenvalue weighted by Gasteiger charge is -2.09. The molecule has 1 N–H and O–H groups in total. The summed E-state index contributed by atoms with van der Waals surface area (Å²) in [4.78, 5) is 10.7. The highest BCUT2D eigenvalue weighted by Crippen LogP contribution is 2.34. The summed E-state index contributed by atoms with van der Waals surface area (Å²) in [6.45, 7) is -0.432. The van der Waals surface area contributed by atoms with E-state index in [0.29, 0.717) is 6.07 Å². The molecule has 1 heterocycles. The summed E-state index contributed by atoms with van der Waals surface area (Å²) in [5, 5.41) is 26.7. The van der Waals surface area contributed by atoms with E-state index in [1.165, 1.54) is 23.0 Å². The topological polar surface area (TPSA) is 89.8 Å². The molecule has 0 fully saturated rings. The highest BCUT2D eigenvalue weighted by molar-refractivity contribution is 5.73. The van der Waals surface area contributed by atoms with Gasteiger partial charge in [-0.05, 0) is 23.8 Å². The van der Waals surface area contributed by atoms with Crippen LogP contribution in [0.1, 0.15) is 16.7 Å². The molecule has 0 saturated carbocycles. The number of halogens is 3. The largest absolute Gasteiger partial charge is 0.480 e. The van der Waals surface area contributed by atoms with Gasteiger partial charge in [0.2, 0.25) is 0 Å². The lowest BCUT2D eigenvalue weighted by molar-refractivity contribution is -0.138. The Morgan fingerprint density at radius 2 is 1.87 bits per heavy atom. The molecule has 23 heavy (non-hydrogen) atoms. The average Bonchev–Trinajstić information content (AvgIpc) is 2.88. The molecule has 2 aromatic rings. The van der Waals surface area contributed by atoms with Gasteiger partial charge >= 0.3 is 12.1 Å². The van der Waals surface area contributed by atoms with Crippen LogP contribution in [-0.2, 0) is 17.5 Å². The molecule has 0 atom stereocenters. The van der Waals surface area contributed by atoms with Crippen molar-refractivity contribution < 1.29 is 23.1 Å². The third kappa shape index (κ3) is 3.50. The molecule has 1 aromatic carbocycles. The van der Waals surface area contributed by atoms with Crippen LogP contribution in [0.5, 0.6) is 0 Å². The summed E-state index contributed by atoms with van der Waals surface area (Å²) in [6.07, 6.45) is -2.14. The van der Waals surface area contributed by atoms with Gasteiger partial charge in [-0.15, -0.1) is 0 Å². The van der Waals surface area contributed by atoms with Crippen LogP contribution in [0.15, 0.2) is 30.6 Å². The van der Waals surface area contributed by atoms with E-state index < -0.39 is 24.3 Å². The number of aliphatic carboxylic acids is 1. The first-order valence-electron chi connectivity index (χ1n) is 6.19. The van der Waals surface area contributed by atoms with Gasteiger partial charge in [-0.1, -0.05) is 0 Å². The summed E-state index contributed by atoms with van der Waals surface area (Å²) in [7, 11) is 0. The molecule has 1 aromatic heterocycles. The molecule has 0 saturated heterocycles. The van der Waals surface area contributed by atoms with Gasteiger partial charge < -0.3 is 9.67 Å². The van der Waals surface area contributed by atoms with Crippen molar-refractivity contribution in [3.05, 3.63) is 47.3 Å². The zero-order chi connectivity index (χ0) is 17.2. The standard InChI is InChI=1S/C15H8F3N3O2/c16-15(17,18)12-2-9(4-19)1-10(3-12)13-7-21(8-14(22)23)6-11(13)5-20/h1-3,6-7H,8H2,(H,22,23). The molecule has 0 aliphatic rings. The molecular formula is C15H8F3N3O2. The molecule has 8 heteroatoms. The Morgan fingerprint density at radius 3 is 2.39 bits per heavy atom. The number of hydrogen-bond acceptors (Lipinski definition) is 3.